The van der Waals surface area contributed by atoms with Gasteiger partial charge in [0.25, 0.3) is 0 Å². The van der Waals surface area contributed by atoms with E-state index in [4.69, 9.17) is 23.8 Å². The molecule has 0 saturated carbocycles. The number of nitrogens with zero attached hydrogens (tertiary/aromatic N) is 4. The third-order valence-electron chi connectivity index (χ3n) is 13.5. The first-order valence-electron chi connectivity index (χ1n) is 23.2. The molecule has 0 fully saturated rings. The SMILES string of the molecule is c1ccc(-c2ccc(-c3nc(-c4ccccc4)nc(-c4cc(-c5cccc6oc7cc(-n8c9ccccc9c9cc(-c%10ccccc%10)ccc98)ccc7c56)cc5oc6ccccc6c45)n3)cc2)cc1. The van der Waals surface area contributed by atoms with Gasteiger partial charge in [-0.05, 0) is 88.0 Å². The molecule has 4 heterocycles. The van der Waals surface area contributed by atoms with Crippen LogP contribution in [0.15, 0.2) is 239 Å². The van der Waals surface area contributed by atoms with Gasteiger partial charge in [0.15, 0.2) is 17.5 Å². The van der Waals surface area contributed by atoms with Crippen LogP contribution in [0.3, 0.4) is 0 Å². The van der Waals surface area contributed by atoms with E-state index in [1.54, 1.807) is 0 Å². The molecule has 4 aromatic heterocycles. The van der Waals surface area contributed by atoms with Crippen molar-refractivity contribution in [2.24, 2.45) is 0 Å². The average Bonchev–Trinajstić information content (AvgIpc) is 4.10. The first-order chi connectivity index (χ1) is 34.2. The molecule has 0 unspecified atom stereocenters. The van der Waals surface area contributed by atoms with Crippen LogP contribution in [0.25, 0.3) is 139 Å². The van der Waals surface area contributed by atoms with Gasteiger partial charge in [-0.15, -0.1) is 0 Å². The maximum atomic E-state index is 6.80. The highest BCUT2D eigenvalue weighted by Crippen LogP contribution is 2.44. The van der Waals surface area contributed by atoms with Crippen molar-refractivity contribution in [1.82, 2.24) is 19.5 Å². The second-order valence-electron chi connectivity index (χ2n) is 17.5. The predicted octanol–water partition coefficient (Wildman–Crippen LogP) is 16.8. The Hall–Kier alpha value is -9.39. The molecule has 0 aliphatic heterocycles. The Kier molecular flexibility index (Phi) is 8.79. The van der Waals surface area contributed by atoms with Crippen molar-refractivity contribution in [3.63, 3.8) is 0 Å². The van der Waals surface area contributed by atoms with Gasteiger partial charge in [-0.1, -0.05) is 170 Å². The maximum Gasteiger partial charge on any atom is 0.164 e. The fourth-order valence-electron chi connectivity index (χ4n) is 10.2. The lowest BCUT2D eigenvalue weighted by Crippen LogP contribution is -2.00. The highest BCUT2D eigenvalue weighted by molar-refractivity contribution is 6.17. The average molecular weight is 883 g/mol. The van der Waals surface area contributed by atoms with Gasteiger partial charge in [0, 0.05) is 60.8 Å². The Balaban J connectivity index is 0.944. The van der Waals surface area contributed by atoms with E-state index in [0.717, 1.165) is 99.5 Å². The summed E-state index contributed by atoms with van der Waals surface area (Å²) in [5.41, 5.74) is 15.7. The van der Waals surface area contributed by atoms with Crippen molar-refractivity contribution in [1.29, 1.82) is 0 Å². The summed E-state index contributed by atoms with van der Waals surface area (Å²) in [5, 5.41) is 6.39. The normalized spacial score (nSPS) is 11.8. The largest absolute Gasteiger partial charge is 0.456 e. The molecule has 0 radical (unpaired) electrons. The molecule has 14 aromatic rings. The van der Waals surface area contributed by atoms with Gasteiger partial charge in [0.2, 0.25) is 0 Å². The summed E-state index contributed by atoms with van der Waals surface area (Å²) < 4.78 is 15.9. The zero-order valence-electron chi connectivity index (χ0n) is 37.0. The van der Waals surface area contributed by atoms with E-state index in [2.05, 4.69) is 180 Å². The van der Waals surface area contributed by atoms with E-state index in [1.165, 1.54) is 21.9 Å². The van der Waals surface area contributed by atoms with Gasteiger partial charge < -0.3 is 13.4 Å². The predicted molar refractivity (Wildman–Crippen MR) is 281 cm³/mol. The molecule has 10 aromatic carbocycles. The first-order valence-corrected chi connectivity index (χ1v) is 23.2. The summed E-state index contributed by atoms with van der Waals surface area (Å²) in [6.07, 6.45) is 0. The summed E-state index contributed by atoms with van der Waals surface area (Å²) in [4.78, 5) is 15.6. The van der Waals surface area contributed by atoms with Gasteiger partial charge in [0.05, 0.1) is 11.0 Å². The summed E-state index contributed by atoms with van der Waals surface area (Å²) in [6.45, 7) is 0. The van der Waals surface area contributed by atoms with Crippen LogP contribution < -0.4 is 0 Å². The summed E-state index contributed by atoms with van der Waals surface area (Å²) in [7, 11) is 0. The van der Waals surface area contributed by atoms with Crippen molar-refractivity contribution in [3.05, 3.63) is 231 Å². The molecule has 69 heavy (non-hydrogen) atoms. The molecule has 0 spiro atoms. The number of aromatic nitrogens is 4. The molecular formula is C63H38N4O2. The third kappa shape index (κ3) is 6.45. The molecule has 14 rings (SSSR count). The van der Waals surface area contributed by atoms with Crippen molar-refractivity contribution < 1.29 is 8.83 Å². The minimum Gasteiger partial charge on any atom is -0.456 e. The van der Waals surface area contributed by atoms with Crippen LogP contribution in [0.5, 0.6) is 0 Å². The highest BCUT2D eigenvalue weighted by atomic mass is 16.3. The lowest BCUT2D eigenvalue weighted by atomic mass is 9.95. The van der Waals surface area contributed by atoms with E-state index in [-0.39, 0.29) is 0 Å². The number of para-hydroxylation sites is 2. The minimum absolute atomic E-state index is 0.556. The molecule has 6 heteroatoms. The van der Waals surface area contributed by atoms with Gasteiger partial charge in [-0.25, -0.2) is 15.0 Å². The number of hydrogen-bond donors (Lipinski definition) is 0. The smallest absolute Gasteiger partial charge is 0.164 e. The Morgan fingerprint density at radius 3 is 1.58 bits per heavy atom. The number of hydrogen-bond acceptors (Lipinski definition) is 5. The van der Waals surface area contributed by atoms with Crippen LogP contribution in [0.1, 0.15) is 0 Å². The molecule has 0 aliphatic rings. The Labute approximate surface area is 396 Å². The van der Waals surface area contributed by atoms with Crippen LogP contribution >= 0.6 is 0 Å². The second-order valence-corrected chi connectivity index (χ2v) is 17.5. The zero-order chi connectivity index (χ0) is 45.4. The summed E-state index contributed by atoms with van der Waals surface area (Å²) in [5.74, 6) is 1.73. The maximum absolute atomic E-state index is 6.80. The topological polar surface area (TPSA) is 69.9 Å². The first kappa shape index (κ1) is 38.8. The van der Waals surface area contributed by atoms with Gasteiger partial charge in [-0.3, -0.25) is 0 Å². The van der Waals surface area contributed by atoms with Crippen molar-refractivity contribution >= 4 is 65.7 Å². The Bertz CT molecular complexity index is 4290. The molecule has 6 nitrogen and oxygen atoms in total. The van der Waals surface area contributed by atoms with Gasteiger partial charge in [-0.2, -0.15) is 0 Å². The lowest BCUT2D eigenvalue weighted by molar-refractivity contribution is 0.668. The Morgan fingerprint density at radius 1 is 0.275 bits per heavy atom. The van der Waals surface area contributed by atoms with Crippen molar-refractivity contribution in [3.8, 4) is 73.2 Å². The highest BCUT2D eigenvalue weighted by Gasteiger charge is 2.22. The summed E-state index contributed by atoms with van der Waals surface area (Å²) >= 11 is 0. The second kappa shape index (κ2) is 15.6. The van der Waals surface area contributed by atoms with Crippen molar-refractivity contribution in [2.45, 2.75) is 0 Å². The van der Waals surface area contributed by atoms with Crippen LogP contribution in [0.2, 0.25) is 0 Å². The van der Waals surface area contributed by atoms with Crippen molar-refractivity contribution in [2.75, 3.05) is 0 Å². The molecule has 322 valence electrons. The van der Waals surface area contributed by atoms with Crippen LogP contribution in [-0.4, -0.2) is 19.5 Å². The minimum atomic E-state index is 0.556. The summed E-state index contributed by atoms with van der Waals surface area (Å²) in [6, 6.07) is 80.3. The van der Waals surface area contributed by atoms with E-state index < -0.39 is 0 Å². The molecule has 0 amide bonds. The number of furan rings is 2. The van der Waals surface area contributed by atoms with Gasteiger partial charge in [0.1, 0.15) is 22.3 Å². The third-order valence-corrected chi connectivity index (χ3v) is 13.5. The quantitative estimate of drug-likeness (QED) is 0.159. The monoisotopic (exact) mass is 882 g/mol. The van der Waals surface area contributed by atoms with Crippen LogP contribution in [0, 0.1) is 0 Å². The molecule has 0 saturated heterocycles. The molecule has 0 N–H and O–H groups in total. The van der Waals surface area contributed by atoms with Crippen LogP contribution in [0.4, 0.5) is 0 Å². The Morgan fingerprint density at radius 2 is 0.812 bits per heavy atom. The van der Waals surface area contributed by atoms with E-state index in [9.17, 15) is 0 Å². The van der Waals surface area contributed by atoms with E-state index in [1.807, 2.05) is 54.6 Å². The van der Waals surface area contributed by atoms with E-state index >= 15 is 0 Å². The molecule has 0 bridgehead atoms. The zero-order valence-corrected chi connectivity index (χ0v) is 37.0. The van der Waals surface area contributed by atoms with Gasteiger partial charge >= 0.3 is 0 Å². The lowest BCUT2D eigenvalue weighted by Gasteiger charge is -2.12. The number of fused-ring (bicyclic) bond motifs is 9. The fourth-order valence-corrected chi connectivity index (χ4v) is 10.2. The van der Waals surface area contributed by atoms with Crippen LogP contribution in [-0.2, 0) is 0 Å². The fraction of sp³-hybridized carbons (Fsp3) is 0. The molecule has 0 aliphatic carbocycles. The number of benzene rings is 10. The van der Waals surface area contributed by atoms with E-state index in [0.29, 0.717) is 17.5 Å². The molecular weight excluding hydrogens is 845 g/mol. The standard InChI is InChI=1S/C63H38N4O2/c1-4-15-39(16-5-1)41-27-29-43(30-28-41)62-64-61(42-19-8-3-9-20-42)65-63(66-62)52-36-45(37-58-60(52)49-22-11-13-25-55(49)68-58)47-23-14-26-56-59(47)50-33-32-46(38-57(50)69-56)67-53-24-12-10-21-48(53)51-35-44(31-34-54(51)67)40-17-6-2-7-18-40/h1-38H. The molecule has 0 atom stereocenters. The number of rotatable bonds is 7.